The van der Waals surface area contributed by atoms with Gasteiger partial charge < -0.3 is 24.6 Å². The lowest BCUT2D eigenvalue weighted by molar-refractivity contribution is 0.00295. The van der Waals surface area contributed by atoms with Crippen molar-refractivity contribution >= 4 is 17.3 Å². The van der Waals surface area contributed by atoms with Crippen molar-refractivity contribution < 1.29 is 18.7 Å². The Morgan fingerprint density at radius 1 is 1.11 bits per heavy atom. The van der Waals surface area contributed by atoms with E-state index in [0.717, 1.165) is 72.6 Å². The zero-order valence-electron chi connectivity index (χ0n) is 21.5. The summed E-state index contributed by atoms with van der Waals surface area (Å²) < 4.78 is 25.6. The second-order valence-electron chi connectivity index (χ2n) is 11.6. The molecule has 1 amide bonds. The first-order valence-corrected chi connectivity index (χ1v) is 13.7. The fourth-order valence-corrected chi connectivity index (χ4v) is 7.58. The highest BCUT2D eigenvalue weighted by molar-refractivity contribution is 6.00. The molecule has 196 valence electrons. The lowest BCUT2D eigenvalue weighted by Crippen LogP contribution is -2.59. The van der Waals surface area contributed by atoms with Crippen LogP contribution in [0.15, 0.2) is 30.3 Å². The molecule has 0 bridgehead atoms. The molecular formula is C29H35FN4O3. The Morgan fingerprint density at radius 3 is 2.76 bits per heavy atom. The number of nitrogens with zero attached hydrogens (tertiary/aromatic N) is 3. The number of halogens is 1. The van der Waals surface area contributed by atoms with Gasteiger partial charge in [0.15, 0.2) is 0 Å². The van der Waals surface area contributed by atoms with Gasteiger partial charge in [-0.2, -0.15) is 0 Å². The largest absolute Gasteiger partial charge is 0.495 e. The molecule has 2 aromatic rings. The summed E-state index contributed by atoms with van der Waals surface area (Å²) >= 11 is 0. The second-order valence-corrected chi connectivity index (χ2v) is 11.6. The van der Waals surface area contributed by atoms with Gasteiger partial charge in [-0.3, -0.25) is 9.69 Å². The minimum absolute atomic E-state index is 0.00553. The number of amides is 1. The fraction of sp³-hybridized carbons (Fsp3) is 0.552. The smallest absolute Gasteiger partial charge is 0.252 e. The molecule has 3 fully saturated rings. The molecule has 0 radical (unpaired) electrons. The molecular weight excluding hydrogens is 471 g/mol. The summed E-state index contributed by atoms with van der Waals surface area (Å²) in [6, 6.07) is 9.20. The van der Waals surface area contributed by atoms with E-state index in [0.29, 0.717) is 24.6 Å². The lowest BCUT2D eigenvalue weighted by atomic mass is 9.57. The topological polar surface area (TPSA) is 57.3 Å². The Bertz CT molecular complexity index is 1220. The highest BCUT2D eigenvalue weighted by Crippen LogP contribution is 2.53. The van der Waals surface area contributed by atoms with Crippen LogP contribution < -0.4 is 24.6 Å². The van der Waals surface area contributed by atoms with E-state index in [1.807, 2.05) is 6.07 Å². The number of hydrogen-bond donors (Lipinski definition) is 1. The normalized spacial score (nSPS) is 24.6. The third-order valence-corrected chi connectivity index (χ3v) is 9.47. The molecule has 1 N–H and O–H groups in total. The van der Waals surface area contributed by atoms with Crippen LogP contribution in [0.2, 0.25) is 0 Å². The zero-order valence-corrected chi connectivity index (χ0v) is 21.5. The molecule has 7 rings (SSSR count). The molecule has 37 heavy (non-hydrogen) atoms. The summed E-state index contributed by atoms with van der Waals surface area (Å²) in [7, 11) is 1.66. The van der Waals surface area contributed by atoms with Crippen molar-refractivity contribution in [3.05, 3.63) is 47.3 Å². The van der Waals surface area contributed by atoms with Gasteiger partial charge in [0.05, 0.1) is 24.5 Å². The predicted octanol–water partition coefficient (Wildman–Crippen LogP) is 3.66. The third-order valence-electron chi connectivity index (χ3n) is 9.47. The van der Waals surface area contributed by atoms with Crippen LogP contribution in [0.1, 0.15) is 41.6 Å². The van der Waals surface area contributed by atoms with E-state index < -0.39 is 0 Å². The number of fused-ring (bicyclic) bond motifs is 5. The number of carbonyl (C=O) groups excluding carboxylic acids is 1. The van der Waals surface area contributed by atoms with Crippen LogP contribution in [0, 0.1) is 17.2 Å². The molecule has 5 aliphatic rings. The summed E-state index contributed by atoms with van der Waals surface area (Å²) in [6.45, 7) is 7.46. The lowest BCUT2D eigenvalue weighted by Gasteiger charge is -2.54. The number of hydrogen-bond acceptors (Lipinski definition) is 6. The van der Waals surface area contributed by atoms with E-state index >= 15 is 0 Å². The minimum Gasteiger partial charge on any atom is -0.495 e. The Kier molecular flexibility index (Phi) is 5.50. The number of nitrogens with one attached hydrogen (secondary N) is 1. The van der Waals surface area contributed by atoms with Gasteiger partial charge in [0, 0.05) is 63.0 Å². The average molecular weight is 507 g/mol. The summed E-state index contributed by atoms with van der Waals surface area (Å²) in [4.78, 5) is 19.5. The molecule has 8 heteroatoms. The second kappa shape index (κ2) is 8.79. The van der Waals surface area contributed by atoms with Gasteiger partial charge in [-0.1, -0.05) is 0 Å². The first-order chi connectivity index (χ1) is 18.0. The van der Waals surface area contributed by atoms with Gasteiger partial charge in [0.2, 0.25) is 0 Å². The molecule has 1 spiro atoms. The number of piperidine rings is 1. The summed E-state index contributed by atoms with van der Waals surface area (Å²) in [5, 5.41) is 2.92. The number of methoxy groups -OCH3 is 1. The molecule has 0 aromatic heterocycles. The van der Waals surface area contributed by atoms with Crippen molar-refractivity contribution in [3.8, 4) is 11.5 Å². The first kappa shape index (κ1) is 23.1. The number of anilines is 2. The number of ether oxygens (including phenoxy) is 2. The van der Waals surface area contributed by atoms with Gasteiger partial charge in [-0.25, -0.2) is 4.39 Å². The summed E-state index contributed by atoms with van der Waals surface area (Å²) in [5.41, 5.74) is 4.27. The van der Waals surface area contributed by atoms with Gasteiger partial charge >= 0.3 is 0 Å². The minimum atomic E-state index is -0.206. The van der Waals surface area contributed by atoms with Gasteiger partial charge in [0.25, 0.3) is 5.91 Å². The summed E-state index contributed by atoms with van der Waals surface area (Å²) in [6.07, 6.45) is 4.95. The van der Waals surface area contributed by atoms with E-state index in [1.165, 1.54) is 38.3 Å². The quantitative estimate of drug-likeness (QED) is 0.683. The molecule has 2 aromatic carbocycles. The van der Waals surface area contributed by atoms with Crippen molar-refractivity contribution in [1.29, 1.82) is 0 Å². The molecule has 4 aliphatic heterocycles. The highest BCUT2D eigenvalue weighted by atomic mass is 19.1. The maximum Gasteiger partial charge on any atom is 0.252 e. The van der Waals surface area contributed by atoms with E-state index in [2.05, 4.69) is 26.1 Å². The average Bonchev–Trinajstić information content (AvgIpc) is 3.28. The Morgan fingerprint density at radius 2 is 1.95 bits per heavy atom. The van der Waals surface area contributed by atoms with Crippen LogP contribution in [0.25, 0.3) is 0 Å². The molecule has 4 heterocycles. The number of rotatable bonds is 4. The molecule has 1 unspecified atom stereocenters. The van der Waals surface area contributed by atoms with Gasteiger partial charge in [-0.15, -0.1) is 0 Å². The van der Waals surface area contributed by atoms with Crippen LogP contribution in [0.4, 0.5) is 15.8 Å². The van der Waals surface area contributed by atoms with E-state index in [4.69, 9.17) is 9.47 Å². The van der Waals surface area contributed by atoms with Crippen LogP contribution in [0.3, 0.4) is 0 Å². The zero-order chi connectivity index (χ0) is 25.1. The van der Waals surface area contributed by atoms with Gasteiger partial charge in [0.1, 0.15) is 23.9 Å². The van der Waals surface area contributed by atoms with E-state index in [-0.39, 0.29) is 11.7 Å². The van der Waals surface area contributed by atoms with Crippen LogP contribution in [0.5, 0.6) is 11.5 Å². The molecule has 1 atom stereocenters. The summed E-state index contributed by atoms with van der Waals surface area (Å²) in [5.74, 6) is 2.23. The van der Waals surface area contributed by atoms with Crippen molar-refractivity contribution in [1.82, 2.24) is 10.2 Å². The van der Waals surface area contributed by atoms with Crippen molar-refractivity contribution in [2.24, 2.45) is 11.3 Å². The van der Waals surface area contributed by atoms with Crippen LogP contribution in [-0.2, 0) is 6.54 Å². The molecule has 1 saturated carbocycles. The van der Waals surface area contributed by atoms with Crippen LogP contribution >= 0.6 is 0 Å². The van der Waals surface area contributed by atoms with Crippen molar-refractivity contribution in [2.75, 3.05) is 62.8 Å². The van der Waals surface area contributed by atoms with Gasteiger partial charge in [-0.05, 0) is 61.3 Å². The monoisotopic (exact) mass is 506 g/mol. The van der Waals surface area contributed by atoms with E-state index in [9.17, 15) is 9.18 Å². The van der Waals surface area contributed by atoms with Crippen molar-refractivity contribution in [3.63, 3.8) is 0 Å². The standard InChI is InChI=1S/C29H35FN4O3/c1-36-26-5-2-20(30)12-25(26)33-8-6-29(7-9-33)13-19(14-29)16-32-10-11-34-21(17-32)18-37-27-23-15-31-28(35)22(23)3-4-24(27)34/h2-5,12,19,21H,6-11,13-18H2,1H3,(H,31,35). The number of carbonyl (C=O) groups is 1. The maximum atomic E-state index is 13.9. The highest BCUT2D eigenvalue weighted by Gasteiger charge is 2.47. The SMILES string of the molecule is COc1ccc(F)cc1N1CCC2(CC1)CC(CN1CCN3c4ccc5c(c4OCC3C1)CNC5=O)C2. The first-order valence-electron chi connectivity index (χ1n) is 13.7. The predicted molar refractivity (Wildman–Crippen MR) is 140 cm³/mol. The maximum absolute atomic E-state index is 13.9. The Balaban J connectivity index is 0.931. The molecule has 2 saturated heterocycles. The van der Waals surface area contributed by atoms with Crippen molar-refractivity contribution in [2.45, 2.75) is 38.3 Å². The third kappa shape index (κ3) is 3.92. The van der Waals surface area contributed by atoms with Crippen LogP contribution in [-0.4, -0.2) is 69.8 Å². The Hall–Kier alpha value is -3.00. The number of benzene rings is 2. The number of piperazine rings is 1. The molecule has 7 nitrogen and oxygen atoms in total. The molecule has 1 aliphatic carbocycles. The Labute approximate surface area is 217 Å². The fourth-order valence-electron chi connectivity index (χ4n) is 7.58. The van der Waals surface area contributed by atoms with E-state index in [1.54, 1.807) is 19.2 Å².